The number of piperazine rings is 3. The van der Waals surface area contributed by atoms with Crippen LogP contribution in [0.2, 0.25) is 0 Å². The van der Waals surface area contributed by atoms with Crippen molar-refractivity contribution in [3.8, 4) is 0 Å². The van der Waals surface area contributed by atoms with E-state index in [-0.39, 0.29) is 17.8 Å². The van der Waals surface area contributed by atoms with E-state index in [4.69, 9.17) is 9.47 Å². The smallest absolute Gasteiger partial charge is 0.410 e. The van der Waals surface area contributed by atoms with Crippen LogP contribution in [0.1, 0.15) is 60.8 Å². The van der Waals surface area contributed by atoms with Crippen molar-refractivity contribution in [1.82, 2.24) is 30.2 Å². The molecule has 0 aromatic heterocycles. The van der Waals surface area contributed by atoms with E-state index in [2.05, 4.69) is 32.2 Å². The minimum Gasteiger partial charge on any atom is -0.444 e. The summed E-state index contributed by atoms with van der Waals surface area (Å²) < 4.78 is 10.6. The first-order chi connectivity index (χ1) is 22.8. The molecule has 14 heteroatoms. The third kappa shape index (κ3) is 16.8. The number of ketones is 1. The number of carbonyl (C=O) groups excluding carboxylic acids is 3. The van der Waals surface area contributed by atoms with Crippen molar-refractivity contribution in [1.29, 1.82) is 0 Å². The number of rotatable bonds is 2. The van der Waals surface area contributed by atoms with Crippen LogP contribution in [0.3, 0.4) is 0 Å². The first-order valence-corrected chi connectivity index (χ1v) is 21.1. The maximum absolute atomic E-state index is 11.9. The van der Waals surface area contributed by atoms with Gasteiger partial charge in [-0.25, -0.2) is 9.59 Å². The van der Waals surface area contributed by atoms with Gasteiger partial charge in [-0.05, 0) is 65.9 Å². The van der Waals surface area contributed by atoms with Gasteiger partial charge in [0.1, 0.15) is 17.0 Å². The number of ether oxygens (including phenoxy) is 2. The second kappa shape index (κ2) is 21.4. The molecule has 48 heavy (non-hydrogen) atoms. The highest BCUT2D eigenvalue weighted by Crippen LogP contribution is 2.24. The van der Waals surface area contributed by atoms with Gasteiger partial charge < -0.3 is 29.9 Å². The van der Waals surface area contributed by atoms with E-state index in [1.165, 1.54) is 62.0 Å². The average Bonchev–Trinajstić information content (AvgIpc) is 3.87. The van der Waals surface area contributed by atoms with Gasteiger partial charge in [-0.15, -0.1) is 0 Å². The Hall–Kier alpha value is -1.03. The van der Waals surface area contributed by atoms with E-state index in [1.807, 2.05) is 64.0 Å². The fourth-order valence-electron chi connectivity index (χ4n) is 5.80. The molecule has 0 saturated carbocycles. The molecule has 0 aromatic rings. The van der Waals surface area contributed by atoms with E-state index in [0.29, 0.717) is 18.0 Å². The maximum atomic E-state index is 11.9. The normalized spacial score (nSPS) is 25.4. The standard InChI is InChI=1S/C13H24N2O2S.C9H18N2O2.C8H16N2S.C4H5OS/c1-13(2,3)17-12(16)15-7-5-14(6-8-15)11-4-9-18-10-11;1-9(2,3)13-8(12)11-6-4-10-5-7-11;1-6-11-7-8(1)10-4-2-9-3-5-10;5-4-1-2-6-3-4/h11H,4-10H2,1-3H3;10H,4-7H2,1-3H3;8-9H,1-7H2;2H,1,3H2/q;;;+1. The van der Waals surface area contributed by atoms with E-state index < -0.39 is 5.60 Å². The molecule has 0 bridgehead atoms. The Morgan fingerprint density at radius 2 is 1.12 bits per heavy atom. The molecular weight excluding hydrogens is 669 g/mol. The predicted molar refractivity (Wildman–Crippen MR) is 202 cm³/mol. The Labute approximate surface area is 303 Å². The van der Waals surface area contributed by atoms with Gasteiger partial charge in [0.05, 0.1) is 11.8 Å². The van der Waals surface area contributed by atoms with E-state index in [9.17, 15) is 14.4 Å². The zero-order valence-electron chi connectivity index (χ0n) is 30.4. The van der Waals surface area contributed by atoms with Crippen LogP contribution in [0.5, 0.6) is 0 Å². The number of nitrogens with zero attached hydrogens (tertiary/aromatic N) is 4. The van der Waals surface area contributed by atoms with Gasteiger partial charge in [-0.3, -0.25) is 14.6 Å². The highest BCUT2D eigenvalue weighted by molar-refractivity contribution is 8.02. The monoisotopic (exact) mass is 731 g/mol. The minimum atomic E-state index is -0.393. The molecular formula is C34H63N6O5S3+. The van der Waals surface area contributed by atoms with E-state index in [0.717, 1.165) is 64.4 Å². The molecule has 0 aliphatic carbocycles. The van der Waals surface area contributed by atoms with Gasteiger partial charge >= 0.3 is 12.2 Å². The molecule has 0 spiro atoms. The minimum absolute atomic E-state index is 0.164. The van der Waals surface area contributed by atoms with E-state index in [1.54, 1.807) is 16.7 Å². The lowest BCUT2D eigenvalue weighted by Crippen LogP contribution is -2.52. The molecule has 2 amide bonds. The fraction of sp³-hybridized carbons (Fsp3) is 0.882. The summed E-state index contributed by atoms with van der Waals surface area (Å²) in [5.74, 6) is 8.32. The van der Waals surface area contributed by atoms with Gasteiger partial charge in [0, 0.05) is 102 Å². The SMILES string of the molecule is C1CN(C2CCSC2)CCN1.CC(C)(C)OC(=O)N1CCN(C2CCSC2)CC1.CC(C)(C)OC(=O)N1CCNCC1.O=C1C[CH+]SC1. The molecule has 0 radical (unpaired) electrons. The summed E-state index contributed by atoms with van der Waals surface area (Å²) >= 11 is 5.77. The van der Waals surface area contributed by atoms with Crippen LogP contribution in [0.15, 0.2) is 0 Å². The summed E-state index contributed by atoms with van der Waals surface area (Å²) in [4.78, 5) is 42.4. The lowest BCUT2D eigenvalue weighted by atomic mass is 10.2. The molecule has 0 aromatic carbocycles. The largest absolute Gasteiger partial charge is 0.444 e. The third-order valence-electron chi connectivity index (χ3n) is 8.40. The number of carbonyl (C=O) groups is 3. The Bertz CT molecular complexity index is 942. The van der Waals surface area contributed by atoms with Crippen LogP contribution in [0.4, 0.5) is 9.59 Å². The van der Waals surface area contributed by atoms with Crippen LogP contribution in [0, 0.1) is 5.75 Å². The van der Waals surface area contributed by atoms with Gasteiger partial charge in [0.15, 0.2) is 18.0 Å². The number of Topliss-reactive ketones (excluding diaryl/α,β-unsaturated/α-hetero) is 1. The summed E-state index contributed by atoms with van der Waals surface area (Å²) in [6.07, 6.45) is 3.05. The molecule has 2 atom stereocenters. The molecule has 6 aliphatic heterocycles. The van der Waals surface area contributed by atoms with Crippen LogP contribution >= 0.6 is 35.3 Å². The molecule has 6 saturated heterocycles. The van der Waals surface area contributed by atoms with Crippen LogP contribution in [0.25, 0.3) is 0 Å². The van der Waals surface area contributed by atoms with Crippen molar-refractivity contribution >= 4 is 53.3 Å². The van der Waals surface area contributed by atoms with Crippen molar-refractivity contribution in [2.24, 2.45) is 0 Å². The first-order valence-electron chi connectivity index (χ1n) is 17.8. The summed E-state index contributed by atoms with van der Waals surface area (Å²) in [7, 11) is 0. The summed E-state index contributed by atoms with van der Waals surface area (Å²) in [5.41, 5.74) is -0.779. The van der Waals surface area contributed by atoms with Gasteiger partial charge in [0.25, 0.3) is 0 Å². The Morgan fingerprint density at radius 3 is 1.48 bits per heavy atom. The van der Waals surface area contributed by atoms with Gasteiger partial charge in [-0.1, -0.05) is 0 Å². The predicted octanol–water partition coefficient (Wildman–Crippen LogP) is 4.12. The average molecular weight is 732 g/mol. The van der Waals surface area contributed by atoms with Crippen molar-refractivity contribution in [3.05, 3.63) is 5.75 Å². The van der Waals surface area contributed by atoms with Crippen molar-refractivity contribution < 1.29 is 23.9 Å². The van der Waals surface area contributed by atoms with Gasteiger partial charge in [-0.2, -0.15) is 23.5 Å². The van der Waals surface area contributed by atoms with Crippen molar-refractivity contribution in [2.75, 3.05) is 107 Å². The Morgan fingerprint density at radius 1 is 0.688 bits per heavy atom. The van der Waals surface area contributed by atoms with Crippen molar-refractivity contribution in [3.63, 3.8) is 0 Å². The molecule has 6 fully saturated rings. The number of hydrogen-bond donors (Lipinski definition) is 2. The number of hydrogen-bond acceptors (Lipinski definition) is 12. The summed E-state index contributed by atoms with van der Waals surface area (Å²) in [6.45, 7) is 23.1. The zero-order chi connectivity index (χ0) is 35.0. The quantitative estimate of drug-likeness (QED) is 0.400. The summed E-state index contributed by atoms with van der Waals surface area (Å²) in [5, 5.41) is 6.57. The molecule has 6 heterocycles. The zero-order valence-corrected chi connectivity index (χ0v) is 32.9. The topological polar surface area (TPSA) is 107 Å². The van der Waals surface area contributed by atoms with Crippen molar-refractivity contribution in [2.45, 2.75) is 84.1 Å². The molecule has 276 valence electrons. The number of thioether (sulfide) groups is 3. The second-order valence-corrected chi connectivity index (χ2v) is 18.0. The molecule has 6 rings (SSSR count). The molecule has 11 nitrogen and oxygen atoms in total. The van der Waals surface area contributed by atoms with Gasteiger partial charge in [0.2, 0.25) is 0 Å². The van der Waals surface area contributed by atoms with Crippen LogP contribution in [-0.4, -0.2) is 168 Å². The maximum Gasteiger partial charge on any atom is 0.410 e. The molecule has 6 aliphatic rings. The van der Waals surface area contributed by atoms with Crippen LogP contribution < -0.4 is 10.6 Å². The number of nitrogens with one attached hydrogen (secondary N) is 2. The molecule has 2 N–H and O–H groups in total. The lowest BCUT2D eigenvalue weighted by Gasteiger charge is -2.38. The second-order valence-electron chi connectivity index (χ2n) is 14.8. The Balaban J connectivity index is 0.000000184. The fourth-order valence-corrected chi connectivity index (χ4v) is 9.04. The first kappa shape index (κ1) is 41.4. The number of amides is 2. The summed E-state index contributed by atoms with van der Waals surface area (Å²) in [6, 6.07) is 1.64. The third-order valence-corrected chi connectivity index (χ3v) is 11.6. The lowest BCUT2D eigenvalue weighted by molar-refractivity contribution is -0.115. The Kier molecular flexibility index (Phi) is 18.4. The highest BCUT2D eigenvalue weighted by Gasteiger charge is 2.30. The highest BCUT2D eigenvalue weighted by atomic mass is 32.2. The van der Waals surface area contributed by atoms with Crippen LogP contribution in [-0.2, 0) is 14.3 Å². The molecule has 2 unspecified atom stereocenters. The van der Waals surface area contributed by atoms with E-state index >= 15 is 0 Å².